The number of amides is 1. The van der Waals surface area contributed by atoms with Crippen LogP contribution in [-0.4, -0.2) is 28.9 Å². The highest BCUT2D eigenvalue weighted by atomic mass is 32.1. The van der Waals surface area contributed by atoms with Crippen molar-refractivity contribution >= 4 is 28.6 Å². The molecule has 0 unspecified atom stereocenters. The number of ether oxygens (including phenoxy) is 1. The summed E-state index contributed by atoms with van der Waals surface area (Å²) in [4.78, 5) is 20.4. The van der Waals surface area contributed by atoms with Crippen LogP contribution in [0.15, 0.2) is 59.8 Å². The van der Waals surface area contributed by atoms with E-state index in [1.807, 2.05) is 59.0 Å². The number of benzene rings is 1. The molecule has 2 heterocycles. The zero-order chi connectivity index (χ0) is 19.1. The summed E-state index contributed by atoms with van der Waals surface area (Å²) in [5, 5.41) is 4.84. The van der Waals surface area contributed by atoms with Crippen LogP contribution in [0.2, 0.25) is 0 Å². The SMILES string of the molecule is C=CCN(Cc1cccs1)C(=O)Cc1csc(-c2ccccc2OCC)n1. The van der Waals surface area contributed by atoms with Crippen molar-refractivity contribution in [1.82, 2.24) is 9.88 Å². The standard InChI is InChI=1S/C21H22N2O2S2/c1-3-11-23(14-17-8-7-12-26-17)20(24)13-16-15-27-21(22-16)18-9-5-6-10-19(18)25-4-2/h3,5-10,12,15H,1,4,11,13-14H2,2H3. The first-order chi connectivity index (χ1) is 13.2. The van der Waals surface area contributed by atoms with Gasteiger partial charge in [0.1, 0.15) is 10.8 Å². The molecule has 3 rings (SSSR count). The molecule has 0 saturated heterocycles. The van der Waals surface area contributed by atoms with Crippen LogP contribution in [0.3, 0.4) is 0 Å². The van der Waals surface area contributed by atoms with Gasteiger partial charge >= 0.3 is 0 Å². The van der Waals surface area contributed by atoms with E-state index in [1.54, 1.807) is 17.4 Å². The summed E-state index contributed by atoms with van der Waals surface area (Å²) in [6.45, 7) is 7.47. The molecule has 1 aromatic carbocycles. The molecule has 140 valence electrons. The monoisotopic (exact) mass is 398 g/mol. The number of aromatic nitrogens is 1. The van der Waals surface area contributed by atoms with Crippen molar-refractivity contribution in [3.05, 3.63) is 70.4 Å². The van der Waals surface area contributed by atoms with Crippen molar-refractivity contribution in [2.75, 3.05) is 13.2 Å². The topological polar surface area (TPSA) is 42.4 Å². The molecule has 6 heteroatoms. The largest absolute Gasteiger partial charge is 0.493 e. The van der Waals surface area contributed by atoms with Crippen LogP contribution in [0.4, 0.5) is 0 Å². The molecule has 4 nitrogen and oxygen atoms in total. The second-order valence-corrected chi connectivity index (χ2v) is 7.78. The van der Waals surface area contributed by atoms with Gasteiger partial charge in [-0.15, -0.1) is 29.3 Å². The van der Waals surface area contributed by atoms with Crippen LogP contribution in [0, 0.1) is 0 Å². The number of hydrogen-bond acceptors (Lipinski definition) is 5. The van der Waals surface area contributed by atoms with E-state index in [2.05, 4.69) is 11.6 Å². The molecule has 0 atom stereocenters. The van der Waals surface area contributed by atoms with Crippen molar-refractivity contribution in [2.24, 2.45) is 0 Å². The number of para-hydroxylation sites is 1. The highest BCUT2D eigenvalue weighted by Gasteiger charge is 2.17. The molecule has 0 saturated carbocycles. The Morgan fingerprint density at radius 2 is 2.11 bits per heavy atom. The van der Waals surface area contributed by atoms with E-state index in [-0.39, 0.29) is 12.3 Å². The Labute approximate surface area is 167 Å². The van der Waals surface area contributed by atoms with E-state index in [0.717, 1.165) is 26.9 Å². The van der Waals surface area contributed by atoms with E-state index in [4.69, 9.17) is 4.74 Å². The molecule has 0 bridgehead atoms. The van der Waals surface area contributed by atoms with Gasteiger partial charge in [-0.2, -0.15) is 0 Å². The lowest BCUT2D eigenvalue weighted by Crippen LogP contribution is -2.31. The van der Waals surface area contributed by atoms with Gasteiger partial charge < -0.3 is 9.64 Å². The Hall–Kier alpha value is -2.44. The smallest absolute Gasteiger partial charge is 0.229 e. The molecule has 2 aromatic heterocycles. The van der Waals surface area contributed by atoms with Crippen LogP contribution < -0.4 is 4.74 Å². The van der Waals surface area contributed by atoms with Gasteiger partial charge in [-0.25, -0.2) is 4.98 Å². The van der Waals surface area contributed by atoms with E-state index in [0.29, 0.717) is 19.7 Å². The predicted molar refractivity (Wildman–Crippen MR) is 112 cm³/mol. The quantitative estimate of drug-likeness (QED) is 0.475. The molecule has 0 radical (unpaired) electrons. The molecular weight excluding hydrogens is 376 g/mol. The zero-order valence-electron chi connectivity index (χ0n) is 15.3. The van der Waals surface area contributed by atoms with E-state index >= 15 is 0 Å². The van der Waals surface area contributed by atoms with Crippen LogP contribution in [0.5, 0.6) is 5.75 Å². The average Bonchev–Trinajstić information content (AvgIpc) is 3.34. The maximum absolute atomic E-state index is 12.8. The lowest BCUT2D eigenvalue weighted by Gasteiger charge is -2.20. The molecule has 0 N–H and O–H groups in total. The lowest BCUT2D eigenvalue weighted by molar-refractivity contribution is -0.130. The zero-order valence-corrected chi connectivity index (χ0v) is 16.9. The van der Waals surface area contributed by atoms with Crippen molar-refractivity contribution in [3.8, 4) is 16.3 Å². The number of rotatable bonds is 9. The Morgan fingerprint density at radius 1 is 1.26 bits per heavy atom. The van der Waals surface area contributed by atoms with Gasteiger partial charge in [-0.1, -0.05) is 24.3 Å². The Kier molecular flexibility index (Phi) is 6.79. The van der Waals surface area contributed by atoms with Gasteiger partial charge in [-0.05, 0) is 30.5 Å². The third kappa shape index (κ3) is 5.05. The minimum absolute atomic E-state index is 0.0539. The molecule has 0 aliphatic carbocycles. The third-order valence-corrected chi connectivity index (χ3v) is 5.72. The summed E-state index contributed by atoms with van der Waals surface area (Å²) in [6, 6.07) is 11.9. The second kappa shape index (κ2) is 9.48. The maximum atomic E-state index is 12.8. The Bertz CT molecular complexity index is 887. The average molecular weight is 399 g/mol. The minimum atomic E-state index is 0.0539. The van der Waals surface area contributed by atoms with E-state index < -0.39 is 0 Å². The van der Waals surface area contributed by atoms with E-state index in [9.17, 15) is 4.79 Å². The molecule has 3 aromatic rings. The van der Waals surface area contributed by atoms with Crippen LogP contribution in [-0.2, 0) is 17.8 Å². The lowest BCUT2D eigenvalue weighted by atomic mass is 10.2. The molecule has 27 heavy (non-hydrogen) atoms. The molecule has 0 spiro atoms. The number of nitrogens with zero attached hydrogens (tertiary/aromatic N) is 2. The summed E-state index contributed by atoms with van der Waals surface area (Å²) >= 11 is 3.19. The number of carbonyl (C=O) groups excluding carboxylic acids is 1. The van der Waals surface area contributed by atoms with Gasteiger partial charge in [0.15, 0.2) is 0 Å². The fraction of sp³-hybridized carbons (Fsp3) is 0.238. The van der Waals surface area contributed by atoms with Gasteiger partial charge in [0.2, 0.25) is 5.91 Å². The summed E-state index contributed by atoms with van der Waals surface area (Å²) < 4.78 is 5.69. The maximum Gasteiger partial charge on any atom is 0.229 e. The first-order valence-corrected chi connectivity index (χ1v) is 10.5. The molecule has 0 aliphatic rings. The first-order valence-electron chi connectivity index (χ1n) is 8.79. The molecule has 0 aliphatic heterocycles. The fourth-order valence-corrected chi connectivity index (χ4v) is 4.27. The highest BCUT2D eigenvalue weighted by molar-refractivity contribution is 7.13. The van der Waals surface area contributed by atoms with Gasteiger partial charge in [0, 0.05) is 16.8 Å². The van der Waals surface area contributed by atoms with Crippen molar-refractivity contribution in [3.63, 3.8) is 0 Å². The Morgan fingerprint density at radius 3 is 2.85 bits per heavy atom. The number of thiazole rings is 1. The van der Waals surface area contributed by atoms with Gasteiger partial charge in [0.25, 0.3) is 0 Å². The third-order valence-electron chi connectivity index (χ3n) is 3.93. The summed E-state index contributed by atoms with van der Waals surface area (Å²) in [6.07, 6.45) is 2.04. The second-order valence-electron chi connectivity index (χ2n) is 5.89. The Balaban J connectivity index is 1.72. The van der Waals surface area contributed by atoms with Crippen LogP contribution >= 0.6 is 22.7 Å². The molecular formula is C21H22N2O2S2. The van der Waals surface area contributed by atoms with Crippen molar-refractivity contribution in [1.29, 1.82) is 0 Å². The predicted octanol–water partition coefficient (Wildman–Crippen LogP) is 5.03. The number of hydrogen-bond donors (Lipinski definition) is 0. The van der Waals surface area contributed by atoms with Crippen LogP contribution in [0.1, 0.15) is 17.5 Å². The normalized spacial score (nSPS) is 10.6. The van der Waals surface area contributed by atoms with Gasteiger partial charge in [-0.3, -0.25) is 4.79 Å². The summed E-state index contributed by atoms with van der Waals surface area (Å²) in [5.41, 5.74) is 1.75. The number of thiophene rings is 1. The fourth-order valence-electron chi connectivity index (χ4n) is 2.70. The summed E-state index contributed by atoms with van der Waals surface area (Å²) in [7, 11) is 0. The first kappa shape index (κ1) is 19.3. The summed E-state index contributed by atoms with van der Waals surface area (Å²) in [5.74, 6) is 0.872. The van der Waals surface area contributed by atoms with Crippen molar-refractivity contribution < 1.29 is 9.53 Å². The molecule has 0 fully saturated rings. The van der Waals surface area contributed by atoms with Crippen LogP contribution in [0.25, 0.3) is 10.6 Å². The highest BCUT2D eigenvalue weighted by Crippen LogP contribution is 2.32. The van der Waals surface area contributed by atoms with Gasteiger partial charge in [0.05, 0.1) is 30.8 Å². The van der Waals surface area contributed by atoms with Crippen molar-refractivity contribution in [2.45, 2.75) is 19.9 Å². The van der Waals surface area contributed by atoms with E-state index in [1.165, 1.54) is 11.3 Å². The number of carbonyl (C=O) groups is 1. The minimum Gasteiger partial charge on any atom is -0.493 e. The molecule has 1 amide bonds.